The first-order chi connectivity index (χ1) is 12.4. The van der Waals surface area contributed by atoms with Gasteiger partial charge in [-0.25, -0.2) is 9.97 Å². The number of carbonyl (C=O) groups excluding carboxylic acids is 1. The summed E-state index contributed by atoms with van der Waals surface area (Å²) >= 11 is 0. The summed E-state index contributed by atoms with van der Waals surface area (Å²) in [4.78, 5) is 21.3. The van der Waals surface area contributed by atoms with Crippen LogP contribution in [0.5, 0.6) is 11.5 Å². The van der Waals surface area contributed by atoms with E-state index in [9.17, 15) is 4.79 Å². The van der Waals surface area contributed by atoms with Gasteiger partial charge >= 0.3 is 0 Å². The van der Waals surface area contributed by atoms with Crippen molar-refractivity contribution in [3.63, 3.8) is 0 Å². The van der Waals surface area contributed by atoms with Crippen LogP contribution in [0.25, 0.3) is 0 Å². The zero-order valence-electron chi connectivity index (χ0n) is 15.9. The van der Waals surface area contributed by atoms with E-state index >= 15 is 0 Å². The highest BCUT2D eigenvalue weighted by atomic mass is 16.5. The van der Waals surface area contributed by atoms with Gasteiger partial charge in [-0.1, -0.05) is 13.8 Å². The topological polar surface area (TPSA) is 85.4 Å². The number of nitrogens with one attached hydrogen (secondary N) is 2. The van der Waals surface area contributed by atoms with Crippen molar-refractivity contribution in [2.24, 2.45) is 5.92 Å². The second-order valence-corrected chi connectivity index (χ2v) is 6.35. The van der Waals surface area contributed by atoms with Gasteiger partial charge in [0, 0.05) is 18.3 Å². The molecule has 1 aromatic carbocycles. The van der Waals surface area contributed by atoms with Crippen LogP contribution in [0.2, 0.25) is 0 Å². The molecule has 0 bridgehead atoms. The number of aryl methyl sites for hydroxylation is 1. The maximum absolute atomic E-state index is 12.6. The molecule has 7 nitrogen and oxygen atoms in total. The van der Waals surface area contributed by atoms with Crippen LogP contribution in [0.4, 0.5) is 11.6 Å². The van der Waals surface area contributed by atoms with Gasteiger partial charge in [0.05, 0.1) is 19.9 Å². The Morgan fingerprint density at radius 2 is 1.92 bits per heavy atom. The van der Waals surface area contributed by atoms with Crippen LogP contribution in [-0.2, 0) is 0 Å². The molecule has 0 aliphatic carbocycles. The van der Waals surface area contributed by atoms with Crippen molar-refractivity contribution < 1.29 is 14.3 Å². The van der Waals surface area contributed by atoms with Crippen LogP contribution in [0.1, 0.15) is 36.5 Å². The van der Waals surface area contributed by atoms with Crippen molar-refractivity contribution in [2.45, 2.75) is 27.2 Å². The van der Waals surface area contributed by atoms with Gasteiger partial charge in [-0.3, -0.25) is 4.79 Å². The van der Waals surface area contributed by atoms with Gasteiger partial charge in [0.25, 0.3) is 5.91 Å². The largest absolute Gasteiger partial charge is 0.497 e. The second kappa shape index (κ2) is 9.03. The van der Waals surface area contributed by atoms with Crippen molar-refractivity contribution in [1.82, 2.24) is 9.97 Å². The van der Waals surface area contributed by atoms with Gasteiger partial charge in [-0.2, -0.15) is 0 Å². The Hall–Kier alpha value is -2.83. The number of rotatable bonds is 8. The minimum absolute atomic E-state index is 0.294. The number of aromatic nitrogens is 2. The normalized spacial score (nSPS) is 10.5. The standard InChI is InChI=1S/C19H26N4O3/c1-12(2)8-9-20-19-21-13(3)10-16(23-19)18(24)22-15-7-6-14(25-4)11-17(15)26-5/h6-7,10-12H,8-9H2,1-5H3,(H,22,24)(H,20,21,23). The molecular weight excluding hydrogens is 332 g/mol. The Bertz CT molecular complexity index is 762. The predicted octanol–water partition coefficient (Wildman–Crippen LogP) is 3.51. The van der Waals surface area contributed by atoms with E-state index in [4.69, 9.17) is 9.47 Å². The fourth-order valence-electron chi connectivity index (χ4n) is 2.32. The lowest BCUT2D eigenvalue weighted by Crippen LogP contribution is -2.17. The lowest BCUT2D eigenvalue weighted by Gasteiger charge is -2.12. The van der Waals surface area contributed by atoms with E-state index in [1.807, 2.05) is 6.92 Å². The van der Waals surface area contributed by atoms with Gasteiger partial charge in [0.1, 0.15) is 17.2 Å². The molecule has 2 N–H and O–H groups in total. The molecule has 0 spiro atoms. The molecule has 26 heavy (non-hydrogen) atoms. The Morgan fingerprint density at radius 3 is 2.58 bits per heavy atom. The zero-order chi connectivity index (χ0) is 19.1. The Morgan fingerprint density at radius 1 is 1.15 bits per heavy atom. The molecule has 0 radical (unpaired) electrons. The number of ether oxygens (including phenoxy) is 2. The van der Waals surface area contributed by atoms with E-state index in [2.05, 4.69) is 34.4 Å². The van der Waals surface area contributed by atoms with Gasteiger partial charge in [-0.05, 0) is 37.5 Å². The van der Waals surface area contributed by atoms with E-state index in [1.165, 1.54) is 7.11 Å². The molecule has 0 aliphatic heterocycles. The van der Waals surface area contributed by atoms with E-state index < -0.39 is 0 Å². The summed E-state index contributed by atoms with van der Waals surface area (Å²) in [7, 11) is 3.11. The summed E-state index contributed by atoms with van der Waals surface area (Å²) in [6, 6.07) is 6.84. The molecule has 0 saturated carbocycles. The quantitative estimate of drug-likeness (QED) is 0.751. The number of nitrogens with zero attached hydrogens (tertiary/aromatic N) is 2. The molecule has 0 aliphatic rings. The highest BCUT2D eigenvalue weighted by Crippen LogP contribution is 2.29. The third kappa shape index (κ3) is 5.34. The summed E-state index contributed by atoms with van der Waals surface area (Å²) in [5.41, 5.74) is 1.56. The van der Waals surface area contributed by atoms with E-state index in [1.54, 1.807) is 31.4 Å². The lowest BCUT2D eigenvalue weighted by atomic mass is 10.1. The molecule has 0 atom stereocenters. The van der Waals surface area contributed by atoms with Crippen LogP contribution in [-0.4, -0.2) is 36.6 Å². The molecular formula is C19H26N4O3. The fourth-order valence-corrected chi connectivity index (χ4v) is 2.32. The molecule has 7 heteroatoms. The number of anilines is 2. The summed E-state index contributed by atoms with van der Waals surface area (Å²) in [5, 5.41) is 5.99. The maximum atomic E-state index is 12.6. The Balaban J connectivity index is 2.15. The van der Waals surface area contributed by atoms with Crippen LogP contribution >= 0.6 is 0 Å². The van der Waals surface area contributed by atoms with Gasteiger partial charge in [-0.15, -0.1) is 0 Å². The van der Waals surface area contributed by atoms with Crippen molar-refractivity contribution >= 4 is 17.5 Å². The van der Waals surface area contributed by atoms with E-state index in [0.717, 1.165) is 18.7 Å². The SMILES string of the molecule is COc1ccc(NC(=O)c2cc(C)nc(NCCC(C)C)n2)c(OC)c1. The van der Waals surface area contributed by atoms with E-state index in [-0.39, 0.29) is 5.91 Å². The smallest absolute Gasteiger partial charge is 0.274 e. The van der Waals surface area contributed by atoms with Crippen LogP contribution < -0.4 is 20.1 Å². The molecule has 2 aromatic rings. The first-order valence-corrected chi connectivity index (χ1v) is 8.56. The average molecular weight is 358 g/mol. The van der Waals surface area contributed by atoms with E-state index in [0.29, 0.717) is 34.7 Å². The molecule has 1 amide bonds. The van der Waals surface area contributed by atoms with Crippen molar-refractivity contribution in [3.05, 3.63) is 35.7 Å². The number of amides is 1. The lowest BCUT2D eigenvalue weighted by molar-refractivity contribution is 0.102. The zero-order valence-corrected chi connectivity index (χ0v) is 15.9. The molecule has 0 unspecified atom stereocenters. The Kier molecular flexibility index (Phi) is 6.77. The van der Waals surface area contributed by atoms with Gasteiger partial charge < -0.3 is 20.1 Å². The minimum Gasteiger partial charge on any atom is -0.497 e. The molecule has 0 fully saturated rings. The van der Waals surface area contributed by atoms with Gasteiger partial charge in [0.15, 0.2) is 0 Å². The highest BCUT2D eigenvalue weighted by molar-refractivity contribution is 6.04. The molecule has 1 aromatic heterocycles. The number of benzene rings is 1. The highest BCUT2D eigenvalue weighted by Gasteiger charge is 2.14. The van der Waals surface area contributed by atoms with Crippen LogP contribution in [0, 0.1) is 12.8 Å². The number of carbonyl (C=O) groups is 1. The summed E-state index contributed by atoms with van der Waals surface area (Å²) in [5.74, 6) is 1.87. The van der Waals surface area contributed by atoms with Crippen LogP contribution in [0.15, 0.2) is 24.3 Å². The van der Waals surface area contributed by atoms with Crippen LogP contribution in [0.3, 0.4) is 0 Å². The fraction of sp³-hybridized carbons (Fsp3) is 0.421. The molecule has 140 valence electrons. The minimum atomic E-state index is -0.328. The first kappa shape index (κ1) is 19.5. The molecule has 0 saturated heterocycles. The number of methoxy groups -OCH3 is 2. The Labute approximate surface area is 154 Å². The van der Waals surface area contributed by atoms with Crippen molar-refractivity contribution in [2.75, 3.05) is 31.4 Å². The monoisotopic (exact) mass is 358 g/mol. The summed E-state index contributed by atoms with van der Waals surface area (Å²) in [6.45, 7) is 6.90. The van der Waals surface area contributed by atoms with Crippen molar-refractivity contribution in [3.8, 4) is 11.5 Å². The molecule has 2 rings (SSSR count). The third-order valence-electron chi connectivity index (χ3n) is 3.75. The average Bonchev–Trinajstić information content (AvgIpc) is 2.61. The first-order valence-electron chi connectivity index (χ1n) is 8.56. The van der Waals surface area contributed by atoms with Crippen molar-refractivity contribution in [1.29, 1.82) is 0 Å². The predicted molar refractivity (Wildman–Crippen MR) is 102 cm³/mol. The maximum Gasteiger partial charge on any atom is 0.274 e. The number of hydrogen-bond acceptors (Lipinski definition) is 6. The third-order valence-corrected chi connectivity index (χ3v) is 3.75. The second-order valence-electron chi connectivity index (χ2n) is 6.35. The molecule has 1 heterocycles. The summed E-state index contributed by atoms with van der Waals surface area (Å²) < 4.78 is 10.5. The number of hydrogen-bond donors (Lipinski definition) is 2. The van der Waals surface area contributed by atoms with Gasteiger partial charge in [0.2, 0.25) is 5.95 Å². The summed E-state index contributed by atoms with van der Waals surface area (Å²) in [6.07, 6.45) is 1.00.